The second-order valence-corrected chi connectivity index (χ2v) is 3.71. The third-order valence-corrected chi connectivity index (χ3v) is 2.05. The Kier molecular flexibility index (Phi) is 6.39. The lowest BCUT2D eigenvalue weighted by Gasteiger charge is -2.23. The highest BCUT2D eigenvalue weighted by Crippen LogP contribution is 2.12. The molecule has 1 N–H and O–H groups in total. The predicted octanol–water partition coefficient (Wildman–Crippen LogP) is 2.19. The number of nitrogens with one attached hydrogen (secondary N) is 1. The van der Waals surface area contributed by atoms with Crippen molar-refractivity contribution in [2.45, 2.75) is 46.1 Å². The van der Waals surface area contributed by atoms with E-state index in [9.17, 15) is 0 Å². The van der Waals surface area contributed by atoms with E-state index in [-0.39, 0.29) is 5.60 Å². The van der Waals surface area contributed by atoms with Gasteiger partial charge in [0.05, 0.1) is 12.2 Å². The number of rotatable bonds is 7. The number of ether oxygens (including phenoxy) is 1. The predicted molar refractivity (Wildman–Crippen MR) is 53.5 cm³/mol. The van der Waals surface area contributed by atoms with Crippen LogP contribution in [0.5, 0.6) is 0 Å². The average Bonchev–Trinajstić information content (AvgIpc) is 2.04. The normalized spacial score (nSPS) is 12.0. The van der Waals surface area contributed by atoms with Crippen molar-refractivity contribution < 1.29 is 4.74 Å². The highest BCUT2D eigenvalue weighted by molar-refractivity contribution is 4.65. The summed E-state index contributed by atoms with van der Waals surface area (Å²) < 4.78 is 5.66. The fourth-order valence-electron chi connectivity index (χ4n) is 0.803. The van der Waals surface area contributed by atoms with Crippen LogP contribution in [-0.2, 0) is 4.74 Å². The molecule has 0 aromatic rings. The minimum absolute atomic E-state index is 0.0495. The molecule has 0 amide bonds. The first-order valence-corrected chi connectivity index (χ1v) is 4.97. The zero-order valence-electron chi connectivity index (χ0n) is 8.94. The summed E-state index contributed by atoms with van der Waals surface area (Å²) in [6, 6.07) is 0. The Morgan fingerprint density at radius 2 is 1.83 bits per heavy atom. The maximum atomic E-state index is 5.66. The second-order valence-electron chi connectivity index (χ2n) is 3.71. The van der Waals surface area contributed by atoms with Crippen LogP contribution in [0.2, 0.25) is 0 Å². The zero-order chi connectivity index (χ0) is 9.45. The molecule has 0 aliphatic rings. The number of hydrogen-bond acceptors (Lipinski definition) is 2. The summed E-state index contributed by atoms with van der Waals surface area (Å²) in [5, 5.41) is 3.31. The van der Waals surface area contributed by atoms with Gasteiger partial charge in [0.15, 0.2) is 0 Å². The Balaban J connectivity index is 3.19. The molecule has 0 rings (SSSR count). The molecule has 0 aromatic heterocycles. The molecule has 0 aliphatic carbocycles. The quantitative estimate of drug-likeness (QED) is 0.596. The maximum absolute atomic E-state index is 5.66. The lowest BCUT2D eigenvalue weighted by molar-refractivity contribution is -0.0179. The van der Waals surface area contributed by atoms with Crippen LogP contribution in [0.25, 0.3) is 0 Å². The Hall–Kier alpha value is -0.0800. The summed E-state index contributed by atoms with van der Waals surface area (Å²) in [4.78, 5) is 0. The molecule has 0 saturated carbocycles. The Morgan fingerprint density at radius 1 is 1.17 bits per heavy atom. The third-order valence-electron chi connectivity index (χ3n) is 2.05. The molecule has 0 unspecified atom stereocenters. The van der Waals surface area contributed by atoms with Crippen LogP contribution < -0.4 is 5.32 Å². The van der Waals surface area contributed by atoms with Crippen molar-refractivity contribution in [2.75, 3.05) is 19.7 Å². The first-order chi connectivity index (χ1) is 5.62. The van der Waals surface area contributed by atoms with Crippen LogP contribution >= 0.6 is 0 Å². The molecule has 2 heteroatoms. The molecule has 12 heavy (non-hydrogen) atoms. The maximum Gasteiger partial charge on any atom is 0.0624 e. The van der Waals surface area contributed by atoms with Crippen LogP contribution in [0.3, 0.4) is 0 Å². The minimum Gasteiger partial charge on any atom is -0.374 e. The SMILES string of the molecule is CCCNCCOC(C)(C)CC. The summed E-state index contributed by atoms with van der Waals surface area (Å²) in [6.07, 6.45) is 2.26. The zero-order valence-corrected chi connectivity index (χ0v) is 8.94. The van der Waals surface area contributed by atoms with Gasteiger partial charge in [0.2, 0.25) is 0 Å². The van der Waals surface area contributed by atoms with Crippen molar-refractivity contribution in [3.8, 4) is 0 Å². The molecule has 0 fully saturated rings. The highest BCUT2D eigenvalue weighted by atomic mass is 16.5. The van der Waals surface area contributed by atoms with Crippen molar-refractivity contribution >= 4 is 0 Å². The van der Waals surface area contributed by atoms with Crippen molar-refractivity contribution in [3.05, 3.63) is 0 Å². The lowest BCUT2D eigenvalue weighted by Crippen LogP contribution is -2.28. The van der Waals surface area contributed by atoms with Crippen molar-refractivity contribution in [2.24, 2.45) is 0 Å². The average molecular weight is 173 g/mol. The standard InChI is InChI=1S/C10H23NO/c1-5-7-11-8-9-12-10(3,4)6-2/h11H,5-9H2,1-4H3. The smallest absolute Gasteiger partial charge is 0.0624 e. The largest absolute Gasteiger partial charge is 0.374 e. The summed E-state index contributed by atoms with van der Waals surface area (Å²) in [5.41, 5.74) is 0.0495. The van der Waals surface area contributed by atoms with Crippen molar-refractivity contribution in [1.29, 1.82) is 0 Å². The monoisotopic (exact) mass is 173 g/mol. The lowest BCUT2D eigenvalue weighted by atomic mass is 10.1. The first-order valence-electron chi connectivity index (χ1n) is 4.97. The van der Waals surface area contributed by atoms with E-state index in [0.717, 1.165) is 26.1 Å². The number of hydrogen-bond donors (Lipinski definition) is 1. The molecule has 0 heterocycles. The molecular weight excluding hydrogens is 150 g/mol. The fraction of sp³-hybridized carbons (Fsp3) is 1.00. The van der Waals surface area contributed by atoms with Crippen LogP contribution in [0.4, 0.5) is 0 Å². The molecule has 0 atom stereocenters. The van der Waals surface area contributed by atoms with E-state index >= 15 is 0 Å². The summed E-state index contributed by atoms with van der Waals surface area (Å²) in [5.74, 6) is 0. The Bertz CT molecular complexity index is 102. The van der Waals surface area contributed by atoms with Gasteiger partial charge in [-0.1, -0.05) is 13.8 Å². The second kappa shape index (κ2) is 6.44. The van der Waals surface area contributed by atoms with Gasteiger partial charge < -0.3 is 10.1 Å². The summed E-state index contributed by atoms with van der Waals surface area (Å²) >= 11 is 0. The molecule has 0 saturated heterocycles. The van der Waals surface area contributed by atoms with Crippen molar-refractivity contribution in [1.82, 2.24) is 5.32 Å². The van der Waals surface area contributed by atoms with Gasteiger partial charge in [-0.15, -0.1) is 0 Å². The Morgan fingerprint density at radius 3 is 2.33 bits per heavy atom. The van der Waals surface area contributed by atoms with Gasteiger partial charge in [0.25, 0.3) is 0 Å². The van der Waals surface area contributed by atoms with Gasteiger partial charge in [0, 0.05) is 6.54 Å². The summed E-state index contributed by atoms with van der Waals surface area (Å²) in [7, 11) is 0. The van der Waals surface area contributed by atoms with Gasteiger partial charge in [-0.25, -0.2) is 0 Å². The van der Waals surface area contributed by atoms with Gasteiger partial charge in [-0.05, 0) is 33.2 Å². The molecule has 74 valence electrons. The first kappa shape index (κ1) is 11.9. The van der Waals surface area contributed by atoms with E-state index in [1.165, 1.54) is 6.42 Å². The molecule has 0 aromatic carbocycles. The fourth-order valence-corrected chi connectivity index (χ4v) is 0.803. The molecule has 0 bridgehead atoms. The van der Waals surface area contributed by atoms with Crippen LogP contribution in [0, 0.1) is 0 Å². The molecule has 2 nitrogen and oxygen atoms in total. The van der Waals surface area contributed by atoms with Gasteiger partial charge in [-0.2, -0.15) is 0 Å². The van der Waals surface area contributed by atoms with Crippen LogP contribution in [0.15, 0.2) is 0 Å². The minimum atomic E-state index is 0.0495. The molecular formula is C10H23NO. The van der Waals surface area contributed by atoms with Crippen LogP contribution in [-0.4, -0.2) is 25.3 Å². The van der Waals surface area contributed by atoms with Gasteiger partial charge in [0.1, 0.15) is 0 Å². The highest BCUT2D eigenvalue weighted by Gasteiger charge is 2.13. The van der Waals surface area contributed by atoms with E-state index in [2.05, 4.69) is 33.0 Å². The van der Waals surface area contributed by atoms with E-state index < -0.39 is 0 Å². The van der Waals surface area contributed by atoms with E-state index in [1.54, 1.807) is 0 Å². The van der Waals surface area contributed by atoms with E-state index in [0.29, 0.717) is 0 Å². The van der Waals surface area contributed by atoms with E-state index in [4.69, 9.17) is 4.74 Å². The topological polar surface area (TPSA) is 21.3 Å². The van der Waals surface area contributed by atoms with Crippen molar-refractivity contribution in [3.63, 3.8) is 0 Å². The van der Waals surface area contributed by atoms with Gasteiger partial charge in [-0.3, -0.25) is 0 Å². The van der Waals surface area contributed by atoms with Gasteiger partial charge >= 0.3 is 0 Å². The molecule has 0 spiro atoms. The van der Waals surface area contributed by atoms with Crippen LogP contribution in [0.1, 0.15) is 40.5 Å². The Labute approximate surface area is 76.7 Å². The van der Waals surface area contributed by atoms with E-state index in [1.807, 2.05) is 0 Å². The summed E-state index contributed by atoms with van der Waals surface area (Å²) in [6.45, 7) is 11.5. The molecule has 0 aliphatic heterocycles. The third kappa shape index (κ3) is 6.62. The molecule has 0 radical (unpaired) electrons.